The lowest BCUT2D eigenvalue weighted by Crippen LogP contribution is -2.21. The molecule has 2 nitrogen and oxygen atoms in total. The molecule has 0 amide bonds. The lowest BCUT2D eigenvalue weighted by atomic mass is 9.88. The van der Waals surface area contributed by atoms with Crippen LogP contribution in [-0.4, -0.2) is 9.97 Å². The summed E-state index contributed by atoms with van der Waals surface area (Å²) in [7, 11) is 0. The molecule has 0 radical (unpaired) electrons. The first-order valence-electron chi connectivity index (χ1n) is 4.80. The third-order valence-corrected chi connectivity index (χ3v) is 3.48. The second kappa shape index (κ2) is 3.57. The van der Waals surface area contributed by atoms with Crippen LogP contribution in [0.2, 0.25) is 0 Å². The monoisotopic (exact) mass is 258 g/mol. The van der Waals surface area contributed by atoms with Gasteiger partial charge in [0, 0.05) is 11.6 Å². The Hall–Kier alpha value is -0.510. The number of hydrogen-bond donors (Lipinski definition) is 0. The second-order valence-corrected chi connectivity index (χ2v) is 4.95. The van der Waals surface area contributed by atoms with Gasteiger partial charge in [0.25, 0.3) is 0 Å². The Bertz CT molecular complexity index is 348. The van der Waals surface area contributed by atoms with Gasteiger partial charge >= 0.3 is 0 Å². The summed E-state index contributed by atoms with van der Waals surface area (Å²) in [5.41, 5.74) is -0.0124. The van der Waals surface area contributed by atoms with Crippen molar-refractivity contribution in [2.24, 2.45) is 0 Å². The molecule has 1 heterocycles. The van der Waals surface area contributed by atoms with Crippen molar-refractivity contribution >= 4 is 15.9 Å². The van der Waals surface area contributed by atoms with Crippen LogP contribution in [0.15, 0.2) is 10.7 Å². The molecule has 1 aliphatic rings. The van der Waals surface area contributed by atoms with E-state index >= 15 is 0 Å². The lowest BCUT2D eigenvalue weighted by molar-refractivity contribution is 0.439. The fourth-order valence-corrected chi connectivity index (χ4v) is 2.21. The average Bonchev–Trinajstić information content (AvgIpc) is 2.58. The minimum atomic E-state index is -0.455. The van der Waals surface area contributed by atoms with Crippen molar-refractivity contribution in [3.63, 3.8) is 0 Å². The highest BCUT2D eigenvalue weighted by Gasteiger charge is 2.33. The van der Waals surface area contributed by atoms with Crippen LogP contribution in [0.1, 0.15) is 38.4 Å². The first-order chi connectivity index (χ1) is 6.62. The first kappa shape index (κ1) is 10.0. The third kappa shape index (κ3) is 1.67. The molecule has 0 aliphatic heterocycles. The Balaban J connectivity index is 2.36. The third-order valence-electron chi connectivity index (χ3n) is 2.95. The smallest absolute Gasteiger partial charge is 0.230 e. The van der Waals surface area contributed by atoms with Crippen molar-refractivity contribution in [3.8, 4) is 0 Å². The van der Waals surface area contributed by atoms with Gasteiger partial charge in [0.2, 0.25) is 5.95 Å². The zero-order chi connectivity index (χ0) is 10.2. The second-order valence-electron chi connectivity index (χ2n) is 4.10. The molecule has 0 saturated heterocycles. The van der Waals surface area contributed by atoms with Crippen LogP contribution in [0.3, 0.4) is 0 Å². The van der Waals surface area contributed by atoms with Crippen LogP contribution in [-0.2, 0) is 5.41 Å². The molecule has 0 spiro atoms. The zero-order valence-corrected chi connectivity index (χ0v) is 9.64. The molecule has 2 rings (SSSR count). The van der Waals surface area contributed by atoms with Crippen molar-refractivity contribution in [1.82, 2.24) is 9.97 Å². The normalized spacial score (nSPS) is 19.9. The summed E-state index contributed by atoms with van der Waals surface area (Å²) in [5, 5.41) is 0. The summed E-state index contributed by atoms with van der Waals surface area (Å²) >= 11 is 3.06. The van der Waals surface area contributed by atoms with Crippen LogP contribution in [0.5, 0.6) is 0 Å². The number of aromatic nitrogens is 2. The maximum absolute atomic E-state index is 13.2. The van der Waals surface area contributed by atoms with Crippen LogP contribution in [0.25, 0.3) is 0 Å². The molecule has 1 aliphatic carbocycles. The van der Waals surface area contributed by atoms with Crippen molar-refractivity contribution in [3.05, 3.63) is 22.4 Å². The Kier molecular flexibility index (Phi) is 2.56. The van der Waals surface area contributed by atoms with Gasteiger partial charge in [0.05, 0.1) is 4.47 Å². The minimum Gasteiger partial charge on any atom is -0.239 e. The maximum atomic E-state index is 13.2. The standard InChI is InChI=1S/C10H12BrFN2/c1-10(4-2-3-5-10)9-13-6-7(11)8(12)14-9/h6H,2-5H2,1H3. The molecule has 0 bridgehead atoms. The van der Waals surface area contributed by atoms with Gasteiger partial charge in [-0.1, -0.05) is 19.8 Å². The maximum Gasteiger partial charge on any atom is 0.230 e. The van der Waals surface area contributed by atoms with Gasteiger partial charge in [-0.25, -0.2) is 9.97 Å². The zero-order valence-electron chi connectivity index (χ0n) is 8.06. The molecule has 0 atom stereocenters. The molecular weight excluding hydrogens is 247 g/mol. The van der Waals surface area contributed by atoms with Crippen molar-refractivity contribution in [1.29, 1.82) is 0 Å². The number of hydrogen-bond acceptors (Lipinski definition) is 2. The molecule has 14 heavy (non-hydrogen) atoms. The minimum absolute atomic E-state index is 0.0124. The highest BCUT2D eigenvalue weighted by Crippen LogP contribution is 2.38. The molecule has 0 unspecified atom stereocenters. The largest absolute Gasteiger partial charge is 0.239 e. The Morgan fingerprint density at radius 1 is 1.43 bits per heavy atom. The van der Waals surface area contributed by atoms with E-state index in [-0.39, 0.29) is 5.41 Å². The molecule has 0 N–H and O–H groups in total. The van der Waals surface area contributed by atoms with Gasteiger partial charge in [0.1, 0.15) is 5.82 Å². The van der Waals surface area contributed by atoms with Crippen LogP contribution in [0.4, 0.5) is 4.39 Å². The van der Waals surface area contributed by atoms with E-state index in [1.54, 1.807) is 0 Å². The predicted octanol–water partition coefficient (Wildman–Crippen LogP) is 3.21. The van der Waals surface area contributed by atoms with Crippen molar-refractivity contribution < 1.29 is 4.39 Å². The Labute approximate surface area is 91.1 Å². The summed E-state index contributed by atoms with van der Waals surface area (Å²) in [6.45, 7) is 2.11. The molecule has 4 heteroatoms. The van der Waals surface area contributed by atoms with Crippen LogP contribution >= 0.6 is 15.9 Å². The van der Waals surface area contributed by atoms with Crippen LogP contribution < -0.4 is 0 Å². The van der Waals surface area contributed by atoms with Gasteiger partial charge in [0.15, 0.2) is 0 Å². The average molecular weight is 259 g/mol. The fraction of sp³-hybridized carbons (Fsp3) is 0.600. The van der Waals surface area contributed by atoms with E-state index in [1.165, 1.54) is 19.0 Å². The van der Waals surface area contributed by atoms with Gasteiger partial charge in [-0.05, 0) is 28.8 Å². The predicted molar refractivity (Wildman–Crippen MR) is 55.5 cm³/mol. The van der Waals surface area contributed by atoms with Crippen molar-refractivity contribution in [2.75, 3.05) is 0 Å². The van der Waals surface area contributed by atoms with E-state index in [2.05, 4.69) is 32.8 Å². The van der Waals surface area contributed by atoms with E-state index in [9.17, 15) is 4.39 Å². The molecule has 0 aromatic carbocycles. The number of nitrogens with zero attached hydrogens (tertiary/aromatic N) is 2. The summed E-state index contributed by atoms with van der Waals surface area (Å²) in [6, 6.07) is 0. The van der Waals surface area contributed by atoms with Gasteiger partial charge in [-0.15, -0.1) is 0 Å². The van der Waals surface area contributed by atoms with Crippen LogP contribution in [0, 0.1) is 5.95 Å². The van der Waals surface area contributed by atoms with E-state index < -0.39 is 5.95 Å². The molecule has 1 saturated carbocycles. The highest BCUT2D eigenvalue weighted by atomic mass is 79.9. The Morgan fingerprint density at radius 2 is 2.07 bits per heavy atom. The molecule has 76 valence electrons. The van der Waals surface area contributed by atoms with Gasteiger partial charge in [-0.3, -0.25) is 0 Å². The first-order valence-corrected chi connectivity index (χ1v) is 5.60. The topological polar surface area (TPSA) is 25.8 Å². The quantitative estimate of drug-likeness (QED) is 0.724. The van der Waals surface area contributed by atoms with E-state index in [4.69, 9.17) is 0 Å². The highest BCUT2D eigenvalue weighted by molar-refractivity contribution is 9.10. The van der Waals surface area contributed by atoms with E-state index in [0.29, 0.717) is 10.3 Å². The number of rotatable bonds is 1. The van der Waals surface area contributed by atoms with E-state index in [1.807, 2.05) is 0 Å². The molecule has 1 fully saturated rings. The SMILES string of the molecule is CC1(c2ncc(Br)c(F)n2)CCCC1. The number of halogens is 2. The lowest BCUT2D eigenvalue weighted by Gasteiger charge is -2.21. The van der Waals surface area contributed by atoms with E-state index in [0.717, 1.165) is 12.8 Å². The van der Waals surface area contributed by atoms with Gasteiger partial charge in [-0.2, -0.15) is 4.39 Å². The summed E-state index contributed by atoms with van der Waals surface area (Å²) in [6.07, 6.45) is 6.01. The molecular formula is C10H12BrFN2. The Morgan fingerprint density at radius 3 is 2.64 bits per heavy atom. The molecule has 1 aromatic heterocycles. The fourth-order valence-electron chi connectivity index (χ4n) is 2.02. The van der Waals surface area contributed by atoms with Gasteiger partial charge < -0.3 is 0 Å². The van der Waals surface area contributed by atoms with Crippen molar-refractivity contribution in [2.45, 2.75) is 38.0 Å². The molecule has 1 aromatic rings. The summed E-state index contributed by atoms with van der Waals surface area (Å²) < 4.78 is 13.5. The summed E-state index contributed by atoms with van der Waals surface area (Å²) in [5.74, 6) is 0.193. The summed E-state index contributed by atoms with van der Waals surface area (Å²) in [4.78, 5) is 8.10.